The molecule has 0 saturated carbocycles. The highest BCUT2D eigenvalue weighted by molar-refractivity contribution is 5.97. The van der Waals surface area contributed by atoms with Crippen molar-refractivity contribution in [2.24, 2.45) is 17.8 Å². The van der Waals surface area contributed by atoms with Crippen LogP contribution in [0.3, 0.4) is 0 Å². The van der Waals surface area contributed by atoms with Crippen molar-refractivity contribution in [2.75, 3.05) is 52.4 Å². The molecule has 2 aliphatic heterocycles. The molecule has 2 saturated heterocycles. The number of hydrogen-bond donors (Lipinski definition) is 1. The molecule has 2 amide bonds. The summed E-state index contributed by atoms with van der Waals surface area (Å²) in [6.45, 7) is 8.48. The Kier molecular flexibility index (Phi) is 9.73. The van der Waals surface area contributed by atoms with Crippen LogP contribution in [0, 0.1) is 17.8 Å². The van der Waals surface area contributed by atoms with E-state index in [-0.39, 0.29) is 11.8 Å². The number of nitrogens with zero attached hydrogens (tertiary/aromatic N) is 2. The van der Waals surface area contributed by atoms with Crippen LogP contribution in [0.25, 0.3) is 0 Å². The number of rotatable bonds is 10. The van der Waals surface area contributed by atoms with Crippen LogP contribution < -0.4 is 24.4 Å². The maximum atomic E-state index is 13.7. The summed E-state index contributed by atoms with van der Waals surface area (Å²) < 4.78 is 16.3. The number of ether oxygens (including phenoxy) is 3. The molecule has 0 spiro atoms. The average molecular weight is 538 g/mol. The second-order valence-electron chi connectivity index (χ2n) is 11.0. The molecule has 2 aromatic carbocycles. The first-order valence-corrected chi connectivity index (χ1v) is 14.0. The molecule has 2 fully saturated rings. The minimum Gasteiger partial charge on any atom is -0.497 e. The lowest BCUT2D eigenvalue weighted by molar-refractivity contribution is -0.129. The number of amides is 2. The molecule has 39 heavy (non-hydrogen) atoms. The number of likely N-dealkylation sites (tertiary alicyclic amines) is 1. The summed E-state index contributed by atoms with van der Waals surface area (Å²) in [7, 11) is 4.79. The molecule has 1 N–H and O–H groups in total. The fourth-order valence-electron chi connectivity index (χ4n) is 6.25. The van der Waals surface area contributed by atoms with Gasteiger partial charge in [-0.2, -0.15) is 0 Å². The number of carbonyl (C=O) groups is 2. The van der Waals surface area contributed by atoms with Crippen molar-refractivity contribution >= 4 is 17.5 Å². The third-order valence-corrected chi connectivity index (χ3v) is 7.93. The van der Waals surface area contributed by atoms with Crippen molar-refractivity contribution in [2.45, 2.75) is 45.6 Å². The highest BCUT2D eigenvalue weighted by Crippen LogP contribution is 2.42. The van der Waals surface area contributed by atoms with Crippen LogP contribution >= 0.6 is 0 Å². The first kappa shape index (κ1) is 28.7. The van der Waals surface area contributed by atoms with Gasteiger partial charge in [-0.1, -0.05) is 19.9 Å². The summed E-state index contributed by atoms with van der Waals surface area (Å²) >= 11 is 0. The second kappa shape index (κ2) is 13.2. The summed E-state index contributed by atoms with van der Waals surface area (Å²) in [4.78, 5) is 31.3. The standard InChI is InChI=1S/C31H43N3O5/c1-21-17-22(2)20-33(19-21)16-6-15-32-31(36)26-12-14-29(35)34(24-8-10-25(37-3)11-9-24)30(26)23-7-13-27(38-4)28(18-23)39-5/h7-11,13,18,21-22,26,30H,6,12,14-17,19-20H2,1-5H3,(H,32,36)/t21-,22-,26-,30+/m1/s1. The van der Waals surface area contributed by atoms with Gasteiger partial charge in [0.1, 0.15) is 5.75 Å². The third kappa shape index (κ3) is 6.85. The van der Waals surface area contributed by atoms with Crippen molar-refractivity contribution in [3.05, 3.63) is 48.0 Å². The number of methoxy groups -OCH3 is 3. The SMILES string of the molecule is COc1ccc(N2C(=O)CC[C@@H](C(=O)NCCCN3C[C@H](C)C[C@@H](C)C3)[C@@H]2c2ccc(OC)c(OC)c2)cc1. The highest BCUT2D eigenvalue weighted by Gasteiger charge is 2.41. The molecule has 8 heteroatoms. The molecule has 0 aromatic heterocycles. The van der Waals surface area contributed by atoms with Crippen LogP contribution in [0.4, 0.5) is 5.69 Å². The molecule has 2 aromatic rings. The molecule has 2 heterocycles. The van der Waals surface area contributed by atoms with E-state index in [1.54, 1.807) is 26.2 Å². The van der Waals surface area contributed by atoms with Crippen LogP contribution in [0.15, 0.2) is 42.5 Å². The smallest absolute Gasteiger partial charge is 0.227 e. The van der Waals surface area contributed by atoms with E-state index in [2.05, 4.69) is 24.1 Å². The Morgan fingerprint density at radius 1 is 0.949 bits per heavy atom. The minimum atomic E-state index is -0.483. The van der Waals surface area contributed by atoms with Crippen LogP contribution in [0.2, 0.25) is 0 Å². The maximum Gasteiger partial charge on any atom is 0.227 e. The second-order valence-corrected chi connectivity index (χ2v) is 11.0. The van der Waals surface area contributed by atoms with Crippen LogP contribution in [-0.4, -0.2) is 64.2 Å². The molecule has 2 aliphatic rings. The van der Waals surface area contributed by atoms with E-state index in [1.807, 2.05) is 42.5 Å². The van der Waals surface area contributed by atoms with Crippen molar-refractivity contribution in [3.8, 4) is 17.2 Å². The van der Waals surface area contributed by atoms with Gasteiger partial charge < -0.3 is 29.3 Å². The normalized spacial score (nSPS) is 23.8. The van der Waals surface area contributed by atoms with E-state index in [1.165, 1.54) is 6.42 Å². The number of carbonyl (C=O) groups excluding carboxylic acids is 2. The van der Waals surface area contributed by atoms with Gasteiger partial charge >= 0.3 is 0 Å². The Bertz CT molecular complexity index is 1110. The fraction of sp³-hybridized carbons (Fsp3) is 0.548. The van der Waals surface area contributed by atoms with Crippen LogP contribution in [-0.2, 0) is 9.59 Å². The molecule has 0 aliphatic carbocycles. The largest absolute Gasteiger partial charge is 0.497 e. The van der Waals surface area contributed by atoms with Gasteiger partial charge in [0.2, 0.25) is 11.8 Å². The summed E-state index contributed by atoms with van der Waals surface area (Å²) in [5.41, 5.74) is 1.55. The van der Waals surface area contributed by atoms with Gasteiger partial charge in [0.15, 0.2) is 11.5 Å². The number of anilines is 1. The van der Waals surface area contributed by atoms with Gasteiger partial charge in [-0.05, 0) is 79.6 Å². The van der Waals surface area contributed by atoms with Crippen molar-refractivity contribution in [3.63, 3.8) is 0 Å². The molecule has 212 valence electrons. The molecular formula is C31H43N3O5. The Hall–Kier alpha value is -3.26. The number of nitrogens with one attached hydrogen (secondary N) is 1. The van der Waals surface area contributed by atoms with E-state index in [0.717, 1.165) is 37.3 Å². The highest BCUT2D eigenvalue weighted by atomic mass is 16.5. The van der Waals surface area contributed by atoms with Crippen LogP contribution in [0.1, 0.15) is 51.1 Å². The molecular weight excluding hydrogens is 494 g/mol. The average Bonchev–Trinajstić information content (AvgIpc) is 2.94. The predicted octanol–water partition coefficient (Wildman–Crippen LogP) is 4.68. The topological polar surface area (TPSA) is 80.3 Å². The molecule has 8 nitrogen and oxygen atoms in total. The summed E-state index contributed by atoms with van der Waals surface area (Å²) in [6, 6.07) is 12.5. The molecule has 0 bridgehead atoms. The van der Waals surface area contributed by atoms with E-state index < -0.39 is 12.0 Å². The van der Waals surface area contributed by atoms with E-state index in [0.29, 0.717) is 48.5 Å². The van der Waals surface area contributed by atoms with E-state index >= 15 is 0 Å². The molecule has 4 rings (SSSR count). The lowest BCUT2D eigenvalue weighted by Crippen LogP contribution is -2.48. The zero-order chi connectivity index (χ0) is 27.9. The lowest BCUT2D eigenvalue weighted by atomic mass is 9.83. The van der Waals surface area contributed by atoms with Gasteiger partial charge in [-0.25, -0.2) is 0 Å². The van der Waals surface area contributed by atoms with Gasteiger partial charge in [-0.15, -0.1) is 0 Å². The van der Waals surface area contributed by atoms with Gasteiger partial charge in [0, 0.05) is 31.7 Å². The van der Waals surface area contributed by atoms with Crippen molar-refractivity contribution in [1.82, 2.24) is 10.2 Å². The molecule has 4 atom stereocenters. The van der Waals surface area contributed by atoms with Crippen LogP contribution in [0.5, 0.6) is 17.2 Å². The van der Waals surface area contributed by atoms with Gasteiger partial charge in [0.25, 0.3) is 0 Å². The monoisotopic (exact) mass is 537 g/mol. The summed E-state index contributed by atoms with van der Waals surface area (Å²) in [5.74, 6) is 2.85. The lowest BCUT2D eigenvalue weighted by Gasteiger charge is -2.41. The fourth-order valence-corrected chi connectivity index (χ4v) is 6.25. The molecule has 0 unspecified atom stereocenters. The Balaban J connectivity index is 1.55. The summed E-state index contributed by atoms with van der Waals surface area (Å²) in [5, 5.41) is 3.19. The van der Waals surface area contributed by atoms with Gasteiger partial charge in [-0.3, -0.25) is 9.59 Å². The zero-order valence-corrected chi connectivity index (χ0v) is 23.9. The number of benzene rings is 2. The summed E-state index contributed by atoms with van der Waals surface area (Å²) in [6.07, 6.45) is 2.98. The Labute approximate surface area is 232 Å². The van der Waals surface area contributed by atoms with Gasteiger partial charge in [0.05, 0.1) is 33.3 Å². The minimum absolute atomic E-state index is 0.0164. The van der Waals surface area contributed by atoms with Crippen molar-refractivity contribution < 1.29 is 23.8 Å². The quantitative estimate of drug-likeness (QED) is 0.444. The zero-order valence-electron chi connectivity index (χ0n) is 23.9. The maximum absolute atomic E-state index is 13.7. The Morgan fingerprint density at radius 2 is 1.64 bits per heavy atom. The van der Waals surface area contributed by atoms with E-state index in [9.17, 15) is 9.59 Å². The first-order valence-electron chi connectivity index (χ1n) is 14.0. The predicted molar refractivity (Wildman–Crippen MR) is 153 cm³/mol. The Morgan fingerprint density at radius 3 is 2.28 bits per heavy atom. The first-order chi connectivity index (χ1) is 18.8. The number of piperidine rings is 2. The van der Waals surface area contributed by atoms with Crippen molar-refractivity contribution in [1.29, 1.82) is 0 Å². The number of hydrogen-bond acceptors (Lipinski definition) is 6. The third-order valence-electron chi connectivity index (χ3n) is 7.93. The molecule has 0 radical (unpaired) electrons. The van der Waals surface area contributed by atoms with E-state index in [4.69, 9.17) is 14.2 Å².